The molecule has 0 bridgehead atoms. The molecule has 0 unspecified atom stereocenters. The number of hydrogen-bond acceptors (Lipinski definition) is 5. The molecular formula is C22H19ClN2O5S. The third kappa shape index (κ3) is 5.22. The molecule has 1 amide bonds. The molecule has 0 heterocycles. The Bertz CT molecular complexity index is 1240. The summed E-state index contributed by atoms with van der Waals surface area (Å²) in [7, 11) is -2.68. The van der Waals surface area contributed by atoms with Crippen molar-refractivity contribution in [2.24, 2.45) is 0 Å². The molecule has 0 aliphatic rings. The van der Waals surface area contributed by atoms with Gasteiger partial charge >= 0.3 is 5.97 Å². The van der Waals surface area contributed by atoms with E-state index in [1.54, 1.807) is 43.3 Å². The highest BCUT2D eigenvalue weighted by Crippen LogP contribution is 2.24. The van der Waals surface area contributed by atoms with Gasteiger partial charge in [-0.05, 0) is 55.0 Å². The minimum atomic E-state index is -3.91. The summed E-state index contributed by atoms with van der Waals surface area (Å²) in [5, 5.41) is 2.81. The summed E-state index contributed by atoms with van der Waals surface area (Å²) >= 11 is 5.99. The van der Waals surface area contributed by atoms with Gasteiger partial charge in [-0.2, -0.15) is 0 Å². The number of esters is 1. The fraction of sp³-hybridized carbons (Fsp3) is 0.0909. The Morgan fingerprint density at radius 1 is 0.935 bits per heavy atom. The van der Waals surface area contributed by atoms with Crippen molar-refractivity contribution in [3.05, 3.63) is 88.4 Å². The van der Waals surface area contributed by atoms with Crippen LogP contribution in [0.25, 0.3) is 0 Å². The van der Waals surface area contributed by atoms with E-state index in [1.807, 2.05) is 0 Å². The fourth-order valence-electron chi connectivity index (χ4n) is 2.82. The predicted octanol–water partition coefficient (Wildman–Crippen LogP) is 4.49. The number of ether oxygens (including phenoxy) is 1. The molecule has 0 aromatic heterocycles. The number of aryl methyl sites for hydroxylation is 1. The molecule has 0 radical (unpaired) electrons. The molecule has 9 heteroatoms. The second-order valence-electron chi connectivity index (χ2n) is 6.59. The van der Waals surface area contributed by atoms with Gasteiger partial charge in [0.2, 0.25) is 0 Å². The number of anilines is 2. The van der Waals surface area contributed by atoms with E-state index in [9.17, 15) is 18.0 Å². The zero-order chi connectivity index (χ0) is 22.6. The lowest BCUT2D eigenvalue weighted by Gasteiger charge is -2.13. The highest BCUT2D eigenvalue weighted by molar-refractivity contribution is 7.92. The number of carbonyl (C=O) groups is 2. The first-order chi connectivity index (χ1) is 14.7. The topological polar surface area (TPSA) is 102 Å². The lowest BCUT2D eigenvalue weighted by molar-refractivity contribution is 0.0600. The van der Waals surface area contributed by atoms with Crippen LogP contribution in [0, 0.1) is 6.92 Å². The van der Waals surface area contributed by atoms with Gasteiger partial charge in [-0.15, -0.1) is 0 Å². The number of methoxy groups -OCH3 is 1. The van der Waals surface area contributed by atoms with Crippen LogP contribution in [-0.2, 0) is 14.8 Å². The molecule has 7 nitrogen and oxygen atoms in total. The standard InChI is InChI=1S/C22H19ClN2O5S/c1-14-8-9-15(12-20(14)31(28,29)25-16-6-4-3-5-7-16)21(26)24-17-10-11-19(23)18(13-17)22(27)30-2/h3-13,25H,1-2H3,(H,24,26). The molecule has 0 fully saturated rings. The van der Waals surface area contributed by atoms with Crippen molar-refractivity contribution in [3.63, 3.8) is 0 Å². The lowest BCUT2D eigenvalue weighted by atomic mass is 10.1. The van der Waals surface area contributed by atoms with Crippen LogP contribution in [0.15, 0.2) is 71.6 Å². The van der Waals surface area contributed by atoms with Crippen LogP contribution < -0.4 is 10.0 Å². The van der Waals surface area contributed by atoms with Gasteiger partial charge in [0, 0.05) is 16.9 Å². The first kappa shape index (κ1) is 22.3. The summed E-state index contributed by atoms with van der Waals surface area (Å²) in [5.41, 5.74) is 1.43. The summed E-state index contributed by atoms with van der Waals surface area (Å²) in [4.78, 5) is 24.5. The summed E-state index contributed by atoms with van der Waals surface area (Å²) < 4.78 is 32.8. The molecule has 0 saturated heterocycles. The Morgan fingerprint density at radius 3 is 2.32 bits per heavy atom. The molecule has 31 heavy (non-hydrogen) atoms. The molecular weight excluding hydrogens is 440 g/mol. The van der Waals surface area contributed by atoms with E-state index < -0.39 is 21.9 Å². The molecule has 160 valence electrons. The van der Waals surface area contributed by atoms with Crippen molar-refractivity contribution in [1.82, 2.24) is 0 Å². The van der Waals surface area contributed by atoms with Gasteiger partial charge in [0.15, 0.2) is 0 Å². The molecule has 3 rings (SSSR count). The average Bonchev–Trinajstić information content (AvgIpc) is 2.75. The number of benzene rings is 3. The van der Waals surface area contributed by atoms with Crippen LogP contribution >= 0.6 is 11.6 Å². The smallest absolute Gasteiger partial charge is 0.339 e. The number of halogens is 1. The minimum absolute atomic E-state index is 0.0182. The molecule has 0 saturated carbocycles. The van der Waals surface area contributed by atoms with Gasteiger partial charge in [0.25, 0.3) is 15.9 Å². The van der Waals surface area contributed by atoms with Crippen molar-refractivity contribution >= 4 is 44.9 Å². The minimum Gasteiger partial charge on any atom is -0.465 e. The van der Waals surface area contributed by atoms with Crippen LogP contribution in [0.4, 0.5) is 11.4 Å². The number of sulfonamides is 1. The third-order valence-corrected chi connectivity index (χ3v) is 6.25. The zero-order valence-electron chi connectivity index (χ0n) is 16.7. The van der Waals surface area contributed by atoms with Gasteiger partial charge in [-0.3, -0.25) is 9.52 Å². The van der Waals surface area contributed by atoms with Crippen LogP contribution in [0.2, 0.25) is 5.02 Å². The largest absolute Gasteiger partial charge is 0.465 e. The van der Waals surface area contributed by atoms with Crippen molar-refractivity contribution < 1.29 is 22.7 Å². The van der Waals surface area contributed by atoms with E-state index in [1.165, 1.54) is 37.4 Å². The molecule has 0 spiro atoms. The van der Waals surface area contributed by atoms with Crippen molar-refractivity contribution in [2.45, 2.75) is 11.8 Å². The predicted molar refractivity (Wildman–Crippen MR) is 119 cm³/mol. The Morgan fingerprint density at radius 2 is 1.65 bits per heavy atom. The third-order valence-electron chi connectivity index (χ3n) is 4.40. The van der Waals surface area contributed by atoms with Gasteiger partial charge in [-0.25, -0.2) is 13.2 Å². The molecule has 3 aromatic rings. The first-order valence-corrected chi connectivity index (χ1v) is 10.9. The molecule has 3 aromatic carbocycles. The highest BCUT2D eigenvalue weighted by Gasteiger charge is 2.20. The maximum absolute atomic E-state index is 12.8. The molecule has 2 N–H and O–H groups in total. The lowest BCUT2D eigenvalue weighted by Crippen LogP contribution is -2.17. The number of nitrogens with one attached hydrogen (secondary N) is 2. The van der Waals surface area contributed by atoms with Crippen molar-refractivity contribution in [1.29, 1.82) is 0 Å². The number of carbonyl (C=O) groups excluding carboxylic acids is 2. The maximum Gasteiger partial charge on any atom is 0.339 e. The molecule has 0 aliphatic heterocycles. The van der Waals surface area contributed by atoms with E-state index >= 15 is 0 Å². The number of amides is 1. The van der Waals surface area contributed by atoms with Crippen LogP contribution in [0.3, 0.4) is 0 Å². The number of rotatable bonds is 6. The van der Waals surface area contributed by atoms with Gasteiger partial charge in [0.1, 0.15) is 0 Å². The zero-order valence-corrected chi connectivity index (χ0v) is 18.3. The van der Waals surface area contributed by atoms with E-state index in [2.05, 4.69) is 14.8 Å². The fourth-order valence-corrected chi connectivity index (χ4v) is 4.34. The monoisotopic (exact) mass is 458 g/mol. The number of hydrogen-bond donors (Lipinski definition) is 2. The Labute approximate surface area is 185 Å². The average molecular weight is 459 g/mol. The SMILES string of the molecule is COC(=O)c1cc(NC(=O)c2ccc(C)c(S(=O)(=O)Nc3ccccc3)c2)ccc1Cl. The Kier molecular flexibility index (Phi) is 6.62. The first-order valence-electron chi connectivity index (χ1n) is 9.09. The van der Waals surface area contributed by atoms with Crippen molar-refractivity contribution in [3.8, 4) is 0 Å². The highest BCUT2D eigenvalue weighted by atomic mass is 35.5. The molecule has 0 aliphatic carbocycles. The van der Waals surface area contributed by atoms with Crippen LogP contribution in [0.5, 0.6) is 0 Å². The summed E-state index contributed by atoms with van der Waals surface area (Å²) in [5.74, 6) is -1.19. The Balaban J connectivity index is 1.87. The van der Waals surface area contributed by atoms with E-state index in [0.717, 1.165) is 0 Å². The van der Waals surface area contributed by atoms with Gasteiger partial charge < -0.3 is 10.1 Å². The van der Waals surface area contributed by atoms with Crippen LogP contribution in [-0.4, -0.2) is 27.4 Å². The van der Waals surface area contributed by atoms with Crippen LogP contribution in [0.1, 0.15) is 26.3 Å². The second kappa shape index (κ2) is 9.20. The van der Waals surface area contributed by atoms with E-state index in [0.29, 0.717) is 16.9 Å². The van der Waals surface area contributed by atoms with Gasteiger partial charge in [-0.1, -0.05) is 35.9 Å². The maximum atomic E-state index is 12.8. The molecule has 0 atom stereocenters. The summed E-state index contributed by atoms with van der Waals surface area (Å²) in [6, 6.07) is 17.2. The Hall–Kier alpha value is -3.36. The normalized spacial score (nSPS) is 10.9. The quantitative estimate of drug-likeness (QED) is 0.530. The van der Waals surface area contributed by atoms with Gasteiger partial charge in [0.05, 0.1) is 22.6 Å². The second-order valence-corrected chi connectivity index (χ2v) is 8.65. The van der Waals surface area contributed by atoms with Crippen molar-refractivity contribution in [2.75, 3.05) is 17.1 Å². The number of para-hydroxylation sites is 1. The summed E-state index contributed by atoms with van der Waals surface area (Å²) in [6.07, 6.45) is 0. The van der Waals surface area contributed by atoms with E-state index in [4.69, 9.17) is 11.6 Å². The van der Waals surface area contributed by atoms with E-state index in [-0.39, 0.29) is 21.0 Å². The summed E-state index contributed by atoms with van der Waals surface area (Å²) in [6.45, 7) is 1.64.